The average Bonchev–Trinajstić information content (AvgIpc) is 3.01. The van der Waals surface area contributed by atoms with Crippen LogP contribution in [0.15, 0.2) is 53.7 Å². The first-order valence-electron chi connectivity index (χ1n) is 5.77. The Hall–Kier alpha value is -2.76. The fourth-order valence-corrected chi connectivity index (χ4v) is 1.67. The summed E-state index contributed by atoms with van der Waals surface area (Å²) in [6.45, 7) is 0.612. The van der Waals surface area contributed by atoms with Crippen molar-refractivity contribution in [3.63, 3.8) is 0 Å². The van der Waals surface area contributed by atoms with Crippen molar-refractivity contribution in [1.29, 1.82) is 0 Å². The second-order valence-electron chi connectivity index (χ2n) is 3.87. The molecule has 0 saturated carbocycles. The molecular weight excluding hydrogens is 242 g/mol. The molecule has 3 aromatic rings. The van der Waals surface area contributed by atoms with E-state index < -0.39 is 0 Å². The van der Waals surface area contributed by atoms with Crippen LogP contribution in [0.4, 0.5) is 5.69 Å². The van der Waals surface area contributed by atoms with E-state index in [4.69, 9.17) is 4.42 Å². The lowest BCUT2D eigenvalue weighted by atomic mass is 10.2. The predicted molar refractivity (Wildman–Crippen MR) is 69.1 cm³/mol. The van der Waals surface area contributed by atoms with Gasteiger partial charge >= 0.3 is 0 Å². The summed E-state index contributed by atoms with van der Waals surface area (Å²) in [6, 6.07) is 7.76. The van der Waals surface area contributed by atoms with Crippen molar-refractivity contribution in [2.75, 3.05) is 5.32 Å². The van der Waals surface area contributed by atoms with Gasteiger partial charge in [0.25, 0.3) is 0 Å². The molecule has 6 heteroatoms. The van der Waals surface area contributed by atoms with Crippen LogP contribution in [0.3, 0.4) is 0 Å². The fourth-order valence-electron chi connectivity index (χ4n) is 1.67. The fraction of sp³-hybridized carbons (Fsp3) is 0.0769. The van der Waals surface area contributed by atoms with Crippen molar-refractivity contribution in [2.24, 2.45) is 0 Å². The lowest BCUT2D eigenvalue weighted by Gasteiger charge is -2.06. The van der Waals surface area contributed by atoms with Gasteiger partial charge in [-0.15, -0.1) is 10.2 Å². The van der Waals surface area contributed by atoms with Crippen LogP contribution in [0.5, 0.6) is 0 Å². The molecule has 0 aliphatic carbocycles. The zero-order valence-corrected chi connectivity index (χ0v) is 10.0. The zero-order valence-electron chi connectivity index (χ0n) is 10.0. The molecular formula is C13H11N5O. The topological polar surface area (TPSA) is 76.7 Å². The van der Waals surface area contributed by atoms with Crippen molar-refractivity contribution in [3.8, 4) is 11.5 Å². The van der Waals surface area contributed by atoms with E-state index in [9.17, 15) is 0 Å². The number of nitrogens with zero attached hydrogens (tertiary/aromatic N) is 4. The molecule has 0 atom stereocenters. The molecule has 0 radical (unpaired) electrons. The minimum Gasteiger partial charge on any atom is -0.423 e. The Morgan fingerprint density at radius 1 is 1.21 bits per heavy atom. The highest BCUT2D eigenvalue weighted by molar-refractivity contribution is 5.60. The van der Waals surface area contributed by atoms with Gasteiger partial charge in [0, 0.05) is 23.6 Å². The maximum Gasteiger partial charge on any atom is 0.247 e. The molecule has 94 valence electrons. The van der Waals surface area contributed by atoms with E-state index in [0.717, 1.165) is 16.9 Å². The van der Waals surface area contributed by atoms with E-state index in [1.165, 1.54) is 6.39 Å². The number of nitrogens with one attached hydrogen (secondary N) is 1. The number of hydrogen-bond donors (Lipinski definition) is 1. The van der Waals surface area contributed by atoms with Gasteiger partial charge in [-0.25, -0.2) is 0 Å². The molecule has 0 aliphatic heterocycles. The highest BCUT2D eigenvalue weighted by Crippen LogP contribution is 2.20. The monoisotopic (exact) mass is 253 g/mol. The summed E-state index contributed by atoms with van der Waals surface area (Å²) in [5.74, 6) is 0.503. The molecule has 2 aromatic heterocycles. The van der Waals surface area contributed by atoms with E-state index in [2.05, 4.69) is 25.5 Å². The SMILES string of the molecule is c1cc(NCc2cnccn2)cc(-c2nnco2)c1. The van der Waals surface area contributed by atoms with Crippen LogP contribution in [0.1, 0.15) is 5.69 Å². The van der Waals surface area contributed by atoms with Crippen LogP contribution in [0, 0.1) is 0 Å². The number of hydrogen-bond acceptors (Lipinski definition) is 6. The molecule has 0 amide bonds. The maximum absolute atomic E-state index is 5.16. The summed E-state index contributed by atoms with van der Waals surface area (Å²) in [5, 5.41) is 10.8. The number of anilines is 1. The Bertz CT molecular complexity index is 639. The minimum absolute atomic E-state index is 0.503. The standard InChI is InChI=1S/C13H11N5O/c1-2-10(13-18-17-9-19-13)6-11(3-1)16-8-12-7-14-4-5-15-12/h1-7,9,16H,8H2. The van der Waals surface area contributed by atoms with Gasteiger partial charge in [-0.3, -0.25) is 9.97 Å². The summed E-state index contributed by atoms with van der Waals surface area (Å²) in [6.07, 6.45) is 6.37. The van der Waals surface area contributed by atoms with Crippen molar-refractivity contribution in [1.82, 2.24) is 20.2 Å². The molecule has 6 nitrogen and oxygen atoms in total. The average molecular weight is 253 g/mol. The molecule has 19 heavy (non-hydrogen) atoms. The van der Waals surface area contributed by atoms with Crippen LogP contribution in [-0.4, -0.2) is 20.2 Å². The molecule has 0 bridgehead atoms. The Morgan fingerprint density at radius 3 is 3.00 bits per heavy atom. The van der Waals surface area contributed by atoms with Gasteiger partial charge < -0.3 is 9.73 Å². The highest BCUT2D eigenvalue weighted by atomic mass is 16.4. The second kappa shape index (κ2) is 5.26. The number of benzene rings is 1. The van der Waals surface area contributed by atoms with Gasteiger partial charge in [0.05, 0.1) is 18.4 Å². The summed E-state index contributed by atoms with van der Waals surface area (Å²) >= 11 is 0. The largest absolute Gasteiger partial charge is 0.423 e. The van der Waals surface area contributed by atoms with Crippen LogP contribution >= 0.6 is 0 Å². The van der Waals surface area contributed by atoms with Crippen LogP contribution in [0.25, 0.3) is 11.5 Å². The molecule has 2 heterocycles. The molecule has 0 fully saturated rings. The van der Waals surface area contributed by atoms with E-state index in [-0.39, 0.29) is 0 Å². The Labute approximate surface area is 109 Å². The molecule has 0 saturated heterocycles. The molecule has 3 rings (SSSR count). The number of aromatic nitrogens is 4. The van der Waals surface area contributed by atoms with Gasteiger partial charge in [-0.1, -0.05) is 6.07 Å². The van der Waals surface area contributed by atoms with E-state index >= 15 is 0 Å². The number of rotatable bonds is 4. The van der Waals surface area contributed by atoms with Crippen molar-refractivity contribution < 1.29 is 4.42 Å². The zero-order chi connectivity index (χ0) is 12.9. The first-order chi connectivity index (χ1) is 9.42. The third kappa shape index (κ3) is 2.74. The summed E-state index contributed by atoms with van der Waals surface area (Å²) in [4.78, 5) is 8.22. The Kier molecular flexibility index (Phi) is 3.14. The summed E-state index contributed by atoms with van der Waals surface area (Å²) in [7, 11) is 0. The third-order valence-electron chi connectivity index (χ3n) is 2.56. The molecule has 1 aromatic carbocycles. The van der Waals surface area contributed by atoms with Gasteiger partial charge in [-0.2, -0.15) is 0 Å². The molecule has 0 aliphatic rings. The van der Waals surface area contributed by atoms with Gasteiger partial charge in [-0.05, 0) is 18.2 Å². The Morgan fingerprint density at radius 2 is 2.21 bits per heavy atom. The van der Waals surface area contributed by atoms with Gasteiger partial charge in [0.15, 0.2) is 0 Å². The third-order valence-corrected chi connectivity index (χ3v) is 2.56. The van der Waals surface area contributed by atoms with Gasteiger partial charge in [0.2, 0.25) is 12.3 Å². The lowest BCUT2D eigenvalue weighted by Crippen LogP contribution is -2.01. The molecule has 0 spiro atoms. The highest BCUT2D eigenvalue weighted by Gasteiger charge is 2.04. The van der Waals surface area contributed by atoms with Crippen LogP contribution in [-0.2, 0) is 6.54 Å². The van der Waals surface area contributed by atoms with Crippen molar-refractivity contribution in [3.05, 3.63) is 54.9 Å². The minimum atomic E-state index is 0.503. The van der Waals surface area contributed by atoms with E-state index in [0.29, 0.717) is 12.4 Å². The quantitative estimate of drug-likeness (QED) is 0.767. The summed E-state index contributed by atoms with van der Waals surface area (Å²) in [5.41, 5.74) is 2.72. The first-order valence-corrected chi connectivity index (χ1v) is 5.77. The molecule has 0 unspecified atom stereocenters. The molecule has 1 N–H and O–H groups in total. The van der Waals surface area contributed by atoms with E-state index in [1.54, 1.807) is 18.6 Å². The Balaban J connectivity index is 1.74. The predicted octanol–water partition coefficient (Wildman–Crippen LogP) is 2.14. The van der Waals surface area contributed by atoms with Gasteiger partial charge in [0.1, 0.15) is 0 Å². The summed E-state index contributed by atoms with van der Waals surface area (Å²) < 4.78 is 5.16. The smallest absolute Gasteiger partial charge is 0.247 e. The second-order valence-corrected chi connectivity index (χ2v) is 3.87. The maximum atomic E-state index is 5.16. The first kappa shape index (κ1) is 11.3. The van der Waals surface area contributed by atoms with Crippen LogP contribution in [0.2, 0.25) is 0 Å². The van der Waals surface area contributed by atoms with E-state index in [1.807, 2.05) is 24.3 Å². The van der Waals surface area contributed by atoms with Crippen molar-refractivity contribution in [2.45, 2.75) is 6.54 Å². The lowest BCUT2D eigenvalue weighted by molar-refractivity contribution is 0.568. The normalized spacial score (nSPS) is 10.3. The van der Waals surface area contributed by atoms with Crippen molar-refractivity contribution >= 4 is 5.69 Å². The van der Waals surface area contributed by atoms with Crippen LogP contribution < -0.4 is 5.32 Å².